The third-order valence-corrected chi connectivity index (χ3v) is 24.2. The van der Waals surface area contributed by atoms with Crippen LogP contribution in [0.5, 0.6) is 0 Å². The van der Waals surface area contributed by atoms with Crippen LogP contribution in [0.3, 0.4) is 0 Å². The van der Waals surface area contributed by atoms with Crippen LogP contribution in [0.25, 0.3) is 45.0 Å². The Labute approximate surface area is 842 Å². The summed E-state index contributed by atoms with van der Waals surface area (Å²) in [5, 5.41) is 6.10. The van der Waals surface area contributed by atoms with Crippen molar-refractivity contribution >= 4 is 97.4 Å². The van der Waals surface area contributed by atoms with E-state index in [0.717, 1.165) is 194 Å². The van der Waals surface area contributed by atoms with Gasteiger partial charge < -0.3 is 69.2 Å². The van der Waals surface area contributed by atoms with E-state index in [1.54, 1.807) is 11.3 Å². The Morgan fingerprint density at radius 2 is 0.582 bits per heavy atom. The number of hydrazone groups is 1. The van der Waals surface area contributed by atoms with Crippen LogP contribution in [0.4, 0.5) is 79.6 Å². The monoisotopic (exact) mass is 2460 g/mol. The molecule has 16 aromatic rings. The van der Waals surface area contributed by atoms with Gasteiger partial charge in [-0.15, -0.1) is 231 Å². The van der Waals surface area contributed by atoms with E-state index in [0.29, 0.717) is 0 Å². The van der Waals surface area contributed by atoms with Crippen LogP contribution >= 0.6 is 0 Å². The van der Waals surface area contributed by atoms with Gasteiger partial charge in [-0.05, 0) is 204 Å². The maximum Gasteiger partial charge on any atom is 2.00 e. The molecule has 0 unspecified atom stereocenters. The fraction of sp³-hybridized carbons (Fsp3) is 0.104. The summed E-state index contributed by atoms with van der Waals surface area (Å²) in [4.78, 5) is 42.5. The molecule has 0 radical (unpaired) electrons. The van der Waals surface area contributed by atoms with Crippen molar-refractivity contribution in [2.24, 2.45) is 15.1 Å². The zero-order valence-electron chi connectivity index (χ0n) is 73.3. The van der Waals surface area contributed by atoms with E-state index in [4.69, 9.17) is 0 Å². The van der Waals surface area contributed by atoms with Gasteiger partial charge in [0.1, 0.15) is 0 Å². The van der Waals surface area contributed by atoms with Gasteiger partial charge in [0.05, 0.1) is 6.34 Å². The summed E-state index contributed by atoms with van der Waals surface area (Å²) in [6.45, 7) is 4.00. The SMILES string of the molecule is CN1C=CN(c2[c-]c3c(cc2)CCc2ccccc2N3c2[c-]c(-c3ccccn3)ccc2)[CH-]1.CN1[CH-]N(c2[c-]c3c(cc2)CCc2ccccc2N3c2[c-]c(-c3ccccn3)ccc2)C=N1.[Pt+2].[Pt+2].[Pt].[Pt].[c-]1c(-c2ccccn2)cccc1N1c2[c-]c(C3=NC=CC3)ccc2CCc2ccccc21.[c-]1c(-c2ccccn2)cccc1N1c2[c-]c(C3=NC=CC3)ccc2CCc2ccccc21. The summed E-state index contributed by atoms with van der Waals surface area (Å²) < 4.78 is 0. The molecule has 0 amide bonds. The minimum Gasteiger partial charge on any atom is -0.510 e. The first-order valence-corrected chi connectivity index (χ1v) is 44.1. The molecule has 0 saturated heterocycles. The molecular formula is C115H87N15Pt4-6. The minimum absolute atomic E-state index is 0. The van der Waals surface area contributed by atoms with E-state index < -0.39 is 0 Å². The molecular weight excluding hydrogens is 2370 g/mol. The van der Waals surface area contributed by atoms with Crippen molar-refractivity contribution in [1.29, 1.82) is 0 Å². The standard InChI is InChI=1S/C29H23N4.2C29H21N3.C28H22N5.4Pt/c1-31-17-18-32(21-31)25-15-14-23-13-12-22-7-2-3-11-28(22)33(29(23)20-25)26-9-6-8-24(19-26)27-10-4-5-16-30-27;2*1-2-12-28-21(7-1)13-14-22-15-16-24(27-11-6-18-31-27)20-29(22)32(28)25-9-5-8-23(19-25)26-10-3-4-17-30-26;1-31-20-32(19-30-31)24-15-14-22-13-12-21-7-2-3-11-27(21)33(28(22)18-24)25-9-6-8-23(17-25)26-10-4-5-16-29-26;;;;/h2-11,14-18,21H,12-13H2,1H3;2*1-10,12,15-18H,11,13-14H2;2-11,14-16,19-20H,12-13H2,1H3;;;;/q-3;2*-2;-3;;;2*+2. The van der Waals surface area contributed by atoms with E-state index in [1.165, 1.54) is 61.6 Å². The number of aromatic nitrogens is 4. The average Bonchev–Trinajstić information content (AvgIpc) is 1.57. The Balaban J connectivity index is 0.000000123. The van der Waals surface area contributed by atoms with Crippen LogP contribution in [0.1, 0.15) is 68.5 Å². The molecule has 0 N–H and O–H groups in total. The predicted octanol–water partition coefficient (Wildman–Crippen LogP) is 25.2. The third kappa shape index (κ3) is 20.0. The van der Waals surface area contributed by atoms with Crippen molar-refractivity contribution in [3.8, 4) is 45.0 Å². The molecule has 0 spiro atoms. The molecule has 12 aromatic carbocycles. The van der Waals surface area contributed by atoms with E-state index in [9.17, 15) is 0 Å². The molecule has 0 atom stereocenters. The average molecular weight is 2460 g/mol. The number of hydrogen-bond donors (Lipinski definition) is 0. The summed E-state index contributed by atoms with van der Waals surface area (Å²) >= 11 is 0. The molecule has 8 aliphatic heterocycles. The van der Waals surface area contributed by atoms with Gasteiger partial charge >= 0.3 is 42.1 Å². The first-order valence-electron chi connectivity index (χ1n) is 44.1. The Bertz CT molecular complexity index is 6650. The van der Waals surface area contributed by atoms with Gasteiger partial charge in [0.15, 0.2) is 0 Å². The first kappa shape index (κ1) is 92.5. The molecule has 15 nitrogen and oxygen atoms in total. The number of allylic oxidation sites excluding steroid dienone is 2. The predicted molar refractivity (Wildman–Crippen MR) is 525 cm³/mol. The number of pyridine rings is 4. The normalized spacial score (nSPS) is 14.2. The summed E-state index contributed by atoms with van der Waals surface area (Å²) in [6.07, 6.45) is 30.7. The fourth-order valence-electron chi connectivity index (χ4n) is 17.8. The van der Waals surface area contributed by atoms with Gasteiger partial charge in [-0.25, -0.2) is 5.10 Å². The van der Waals surface area contributed by atoms with Crippen LogP contribution in [0, 0.1) is 61.9 Å². The molecule has 134 heavy (non-hydrogen) atoms. The number of anilines is 14. The van der Waals surface area contributed by atoms with Crippen molar-refractivity contribution in [3.05, 3.63) is 470 Å². The number of aryl methyl sites for hydroxylation is 8. The van der Waals surface area contributed by atoms with Gasteiger partial charge in [0.25, 0.3) is 0 Å². The summed E-state index contributed by atoms with van der Waals surface area (Å²) in [5.41, 5.74) is 37.1. The molecule has 0 aliphatic carbocycles. The molecule has 0 bridgehead atoms. The Morgan fingerprint density at radius 3 is 0.881 bits per heavy atom. The van der Waals surface area contributed by atoms with Gasteiger partial charge in [0, 0.05) is 102 Å². The molecule has 4 aromatic heterocycles. The molecule has 668 valence electrons. The van der Waals surface area contributed by atoms with E-state index in [-0.39, 0.29) is 84.3 Å². The van der Waals surface area contributed by atoms with Crippen LogP contribution in [0.2, 0.25) is 0 Å². The summed E-state index contributed by atoms with van der Waals surface area (Å²) in [6, 6.07) is 130. The molecule has 0 fully saturated rings. The maximum atomic E-state index is 4.54. The number of aliphatic imine (C=N–C) groups is 2. The number of benzene rings is 12. The van der Waals surface area contributed by atoms with Crippen LogP contribution in [-0.4, -0.2) is 61.7 Å². The second-order valence-corrected chi connectivity index (χ2v) is 32.6. The summed E-state index contributed by atoms with van der Waals surface area (Å²) in [7, 11) is 3.95. The second kappa shape index (κ2) is 42.7. The van der Waals surface area contributed by atoms with Gasteiger partial charge in [-0.3, -0.25) is 0 Å². The van der Waals surface area contributed by atoms with E-state index in [2.05, 4.69) is 351 Å². The zero-order valence-corrected chi connectivity index (χ0v) is 82.4. The summed E-state index contributed by atoms with van der Waals surface area (Å²) in [5.74, 6) is 0. The van der Waals surface area contributed by atoms with Crippen molar-refractivity contribution in [2.45, 2.75) is 64.2 Å². The van der Waals surface area contributed by atoms with Gasteiger partial charge in [0.2, 0.25) is 0 Å². The second-order valence-electron chi connectivity index (χ2n) is 32.6. The smallest absolute Gasteiger partial charge is 0.510 e. The van der Waals surface area contributed by atoms with Gasteiger partial charge in [-0.1, -0.05) is 171 Å². The number of hydrogen-bond acceptors (Lipinski definition) is 15. The van der Waals surface area contributed by atoms with Crippen LogP contribution in [-0.2, 0) is 136 Å². The fourth-order valence-corrected chi connectivity index (χ4v) is 17.8. The van der Waals surface area contributed by atoms with Crippen LogP contribution < -0.4 is 29.4 Å². The molecule has 0 saturated carbocycles. The molecule has 19 heteroatoms. The van der Waals surface area contributed by atoms with Crippen molar-refractivity contribution < 1.29 is 84.3 Å². The van der Waals surface area contributed by atoms with Crippen molar-refractivity contribution in [1.82, 2.24) is 29.8 Å². The topological polar surface area (TPSA) is 115 Å². The Morgan fingerprint density at radius 1 is 0.269 bits per heavy atom. The molecule has 8 aliphatic rings. The number of para-hydroxylation sites is 4. The molecule has 12 heterocycles. The van der Waals surface area contributed by atoms with Crippen molar-refractivity contribution in [2.75, 3.05) is 43.5 Å². The largest absolute Gasteiger partial charge is 2.00 e. The number of fused-ring (bicyclic) bond motifs is 8. The number of rotatable bonds is 12. The van der Waals surface area contributed by atoms with E-state index in [1.807, 2.05) is 147 Å². The quantitative estimate of drug-likeness (QED) is 0.109. The Kier molecular flexibility index (Phi) is 29.4. The number of nitrogens with zero attached hydrogens (tertiary/aromatic N) is 15. The Hall–Kier alpha value is -13.4. The zero-order chi connectivity index (χ0) is 87.1. The van der Waals surface area contributed by atoms with Crippen LogP contribution in [0.15, 0.2) is 368 Å². The third-order valence-electron chi connectivity index (χ3n) is 24.2. The first-order chi connectivity index (χ1) is 64.2. The molecule has 24 rings (SSSR count). The van der Waals surface area contributed by atoms with E-state index >= 15 is 0 Å². The van der Waals surface area contributed by atoms with Gasteiger partial charge in [-0.2, -0.15) is 18.8 Å². The maximum absolute atomic E-state index is 4.54. The minimum atomic E-state index is 0. The van der Waals surface area contributed by atoms with Crippen molar-refractivity contribution in [3.63, 3.8) is 0 Å².